The summed E-state index contributed by atoms with van der Waals surface area (Å²) in [6, 6.07) is 7.47. The first-order valence-corrected chi connectivity index (χ1v) is 12.1. The smallest absolute Gasteiger partial charge is 0.435 e. The van der Waals surface area contributed by atoms with E-state index in [0.717, 1.165) is 23.5 Å². The number of ether oxygens (including phenoxy) is 2. The van der Waals surface area contributed by atoms with Crippen LogP contribution in [0.5, 0.6) is 0 Å². The summed E-state index contributed by atoms with van der Waals surface area (Å²) in [6.45, 7) is 9.57. The van der Waals surface area contributed by atoms with E-state index in [1.165, 1.54) is 24.2 Å². The van der Waals surface area contributed by atoms with Gasteiger partial charge in [-0.3, -0.25) is 9.69 Å². The van der Waals surface area contributed by atoms with Crippen LogP contribution in [-0.2, 0) is 22.6 Å². The van der Waals surface area contributed by atoms with E-state index in [4.69, 9.17) is 9.47 Å². The van der Waals surface area contributed by atoms with Crippen LogP contribution in [0.2, 0.25) is 0 Å². The van der Waals surface area contributed by atoms with Gasteiger partial charge in [-0.25, -0.2) is 9.59 Å². The molecule has 2 amide bonds. The first kappa shape index (κ1) is 24.6. The summed E-state index contributed by atoms with van der Waals surface area (Å²) in [5.41, 5.74) is 2.00. The van der Waals surface area contributed by atoms with Gasteiger partial charge in [0, 0.05) is 29.9 Å². The molecule has 0 aliphatic carbocycles. The van der Waals surface area contributed by atoms with Crippen molar-refractivity contribution in [3.63, 3.8) is 0 Å². The topological polar surface area (TPSA) is 106 Å². The largest absolute Gasteiger partial charge is 0.448 e. The molecule has 0 radical (unpaired) electrons. The molecule has 0 saturated carbocycles. The Morgan fingerprint density at radius 1 is 1.00 bits per heavy atom. The number of anilines is 2. The third-order valence-electron chi connectivity index (χ3n) is 5.95. The molecule has 0 spiro atoms. The van der Waals surface area contributed by atoms with Crippen molar-refractivity contribution in [2.45, 2.75) is 65.6 Å². The van der Waals surface area contributed by atoms with Gasteiger partial charge in [-0.1, -0.05) is 0 Å². The van der Waals surface area contributed by atoms with E-state index in [-0.39, 0.29) is 31.4 Å². The number of hydrogen-bond donors (Lipinski definition) is 1. The first-order valence-electron chi connectivity index (χ1n) is 12.1. The molecule has 1 aromatic carbocycles. The van der Waals surface area contributed by atoms with Gasteiger partial charge >= 0.3 is 12.2 Å². The van der Waals surface area contributed by atoms with Crippen LogP contribution < -0.4 is 10.2 Å². The number of fused-ring (bicyclic) bond motifs is 1. The molecule has 1 N–H and O–H groups in total. The first-order chi connectivity index (χ1) is 16.7. The Balaban J connectivity index is 1.53. The average Bonchev–Trinajstić information content (AvgIpc) is 3.39. The van der Waals surface area contributed by atoms with Crippen molar-refractivity contribution in [3.8, 4) is 0 Å². The summed E-state index contributed by atoms with van der Waals surface area (Å²) in [4.78, 5) is 41.9. The Bertz CT molecular complexity index is 1100. The Morgan fingerprint density at radius 3 is 2.31 bits per heavy atom. The number of nitrogens with zero attached hydrogens (tertiary/aromatic N) is 4. The maximum Gasteiger partial charge on any atom is 0.435 e. The van der Waals surface area contributed by atoms with Crippen LogP contribution in [0, 0.1) is 0 Å². The number of nitrogens with one attached hydrogen (secondary N) is 1. The molecule has 2 aromatic rings. The van der Waals surface area contributed by atoms with Gasteiger partial charge in [-0.2, -0.15) is 4.68 Å². The van der Waals surface area contributed by atoms with Gasteiger partial charge < -0.3 is 19.7 Å². The van der Waals surface area contributed by atoms with Crippen LogP contribution in [0.15, 0.2) is 24.3 Å². The molecule has 1 fully saturated rings. The highest BCUT2D eigenvalue weighted by atomic mass is 16.6. The third kappa shape index (κ3) is 5.58. The van der Waals surface area contributed by atoms with Gasteiger partial charge in [0.1, 0.15) is 5.60 Å². The van der Waals surface area contributed by atoms with E-state index in [1.54, 1.807) is 39.8 Å². The van der Waals surface area contributed by atoms with Gasteiger partial charge in [0.2, 0.25) is 0 Å². The molecule has 10 heteroatoms. The fraction of sp³-hybridized carbons (Fsp3) is 0.520. The molecule has 1 aromatic heterocycles. The zero-order valence-electron chi connectivity index (χ0n) is 20.8. The number of carbonyl (C=O) groups is 3. The molecular formula is C25H33N5O5. The highest BCUT2D eigenvalue weighted by Crippen LogP contribution is 2.31. The lowest BCUT2D eigenvalue weighted by Gasteiger charge is -2.28. The summed E-state index contributed by atoms with van der Waals surface area (Å²) in [6.07, 6.45) is 2.44. The maximum atomic E-state index is 13.0. The minimum absolute atomic E-state index is 0.121. The highest BCUT2D eigenvalue weighted by Gasteiger charge is 2.35. The molecule has 0 unspecified atom stereocenters. The Hall–Kier alpha value is -3.56. The van der Waals surface area contributed by atoms with Gasteiger partial charge in [0.15, 0.2) is 5.82 Å². The summed E-state index contributed by atoms with van der Waals surface area (Å²) < 4.78 is 11.7. The van der Waals surface area contributed by atoms with Crippen molar-refractivity contribution in [3.05, 3.63) is 41.1 Å². The van der Waals surface area contributed by atoms with E-state index in [9.17, 15) is 14.4 Å². The SMILES string of the molecule is CCOC(=O)n1nc(NC(=O)c2ccc(N3CCCCC3)cc2)c2c1CN(C(=O)OC(C)(C)C)C2. The molecule has 0 atom stereocenters. The van der Waals surface area contributed by atoms with E-state index in [1.807, 2.05) is 12.1 Å². The number of aromatic nitrogens is 2. The van der Waals surface area contributed by atoms with E-state index < -0.39 is 17.8 Å². The number of benzene rings is 1. The summed E-state index contributed by atoms with van der Waals surface area (Å²) in [7, 11) is 0. The fourth-order valence-electron chi connectivity index (χ4n) is 4.29. The number of hydrogen-bond acceptors (Lipinski definition) is 7. The van der Waals surface area contributed by atoms with Crippen molar-refractivity contribution in [2.24, 2.45) is 0 Å². The minimum Gasteiger partial charge on any atom is -0.448 e. The van der Waals surface area contributed by atoms with E-state index in [0.29, 0.717) is 16.8 Å². The van der Waals surface area contributed by atoms with E-state index in [2.05, 4.69) is 15.3 Å². The Morgan fingerprint density at radius 2 is 1.69 bits per heavy atom. The minimum atomic E-state index is -0.666. The van der Waals surface area contributed by atoms with Crippen LogP contribution in [0.3, 0.4) is 0 Å². The van der Waals surface area contributed by atoms with Gasteiger partial charge in [0.05, 0.1) is 25.4 Å². The summed E-state index contributed by atoms with van der Waals surface area (Å²) in [5, 5.41) is 7.11. The van der Waals surface area contributed by atoms with Crippen LogP contribution >= 0.6 is 0 Å². The lowest BCUT2D eigenvalue weighted by atomic mass is 10.1. The second-order valence-electron chi connectivity index (χ2n) is 9.77. The van der Waals surface area contributed by atoms with Crippen LogP contribution in [0.4, 0.5) is 21.1 Å². The predicted octanol–water partition coefficient (Wildman–Crippen LogP) is 4.38. The molecule has 188 valence electrons. The maximum absolute atomic E-state index is 13.0. The molecule has 4 rings (SSSR count). The van der Waals surface area contributed by atoms with Crippen molar-refractivity contribution in [1.29, 1.82) is 0 Å². The normalized spacial score (nSPS) is 15.5. The zero-order chi connectivity index (χ0) is 25.2. The molecule has 2 aliphatic rings. The lowest BCUT2D eigenvalue weighted by Crippen LogP contribution is -2.34. The van der Waals surface area contributed by atoms with Crippen molar-refractivity contribution < 1.29 is 23.9 Å². The molecule has 3 heterocycles. The zero-order valence-corrected chi connectivity index (χ0v) is 20.8. The number of carbonyl (C=O) groups excluding carboxylic acids is 3. The van der Waals surface area contributed by atoms with Crippen molar-refractivity contribution in [1.82, 2.24) is 14.7 Å². The second kappa shape index (κ2) is 9.97. The van der Waals surface area contributed by atoms with Gasteiger partial charge in [-0.15, -0.1) is 5.10 Å². The average molecular weight is 484 g/mol. The summed E-state index contributed by atoms with van der Waals surface area (Å²) in [5.74, 6) is -0.119. The molecule has 1 saturated heterocycles. The highest BCUT2D eigenvalue weighted by molar-refractivity contribution is 6.04. The van der Waals surface area contributed by atoms with Crippen molar-refractivity contribution >= 4 is 29.6 Å². The fourth-order valence-corrected chi connectivity index (χ4v) is 4.29. The molecular weight excluding hydrogens is 450 g/mol. The summed E-state index contributed by atoms with van der Waals surface area (Å²) >= 11 is 0. The number of piperidine rings is 1. The van der Waals surface area contributed by atoms with E-state index >= 15 is 0 Å². The quantitative estimate of drug-likeness (QED) is 0.688. The van der Waals surface area contributed by atoms with Crippen LogP contribution in [-0.4, -0.2) is 58.1 Å². The molecule has 2 aliphatic heterocycles. The van der Waals surface area contributed by atoms with Crippen LogP contribution in [0.25, 0.3) is 0 Å². The van der Waals surface area contributed by atoms with Gasteiger partial charge in [-0.05, 0) is 71.2 Å². The standard InChI is InChI=1S/C25H33N5O5/c1-5-34-24(33)30-20-16-29(23(32)35-25(2,3)4)15-19(20)21(27-30)26-22(31)17-9-11-18(12-10-17)28-13-7-6-8-14-28/h9-12H,5-8,13-16H2,1-4H3,(H,26,27,31). The molecule has 10 nitrogen and oxygen atoms in total. The second-order valence-corrected chi connectivity index (χ2v) is 9.77. The number of amides is 2. The lowest BCUT2D eigenvalue weighted by molar-refractivity contribution is 0.0238. The monoisotopic (exact) mass is 483 g/mol. The van der Waals surface area contributed by atoms with Crippen LogP contribution in [0.1, 0.15) is 68.6 Å². The predicted molar refractivity (Wildman–Crippen MR) is 131 cm³/mol. The van der Waals surface area contributed by atoms with Crippen molar-refractivity contribution in [2.75, 3.05) is 29.9 Å². The van der Waals surface area contributed by atoms with Gasteiger partial charge in [0.25, 0.3) is 5.91 Å². The Kier molecular flexibility index (Phi) is 7.00. The number of rotatable bonds is 4. The third-order valence-corrected chi connectivity index (χ3v) is 5.95. The Labute approximate surface area is 205 Å². The molecule has 35 heavy (non-hydrogen) atoms. The molecule has 0 bridgehead atoms.